The van der Waals surface area contributed by atoms with Gasteiger partial charge in [-0.25, -0.2) is 4.79 Å². The van der Waals surface area contributed by atoms with Gasteiger partial charge in [-0.05, 0) is 37.1 Å². The highest BCUT2D eigenvalue weighted by molar-refractivity contribution is 5.74. The molecule has 4 nitrogen and oxygen atoms in total. The van der Waals surface area contributed by atoms with Crippen molar-refractivity contribution in [2.45, 2.75) is 20.4 Å². The summed E-state index contributed by atoms with van der Waals surface area (Å²) in [6.07, 6.45) is 0. The lowest BCUT2D eigenvalue weighted by Gasteiger charge is -2.36. The third kappa shape index (κ3) is 4.07. The lowest BCUT2D eigenvalue weighted by atomic mass is 10.1. The Morgan fingerprint density at radius 1 is 0.958 bits per heavy atom. The number of nitrogens with one attached hydrogen (secondary N) is 1. The van der Waals surface area contributed by atoms with E-state index in [2.05, 4.69) is 60.5 Å². The van der Waals surface area contributed by atoms with Crippen LogP contribution >= 0.6 is 0 Å². The SMILES string of the molecule is Cc1cccc(CNC(=O)N2CCN(c3cccc(C)c3)CC2)c1. The van der Waals surface area contributed by atoms with E-state index in [9.17, 15) is 4.79 Å². The molecule has 3 rings (SSSR count). The van der Waals surface area contributed by atoms with Crippen LogP contribution in [0, 0.1) is 13.8 Å². The summed E-state index contributed by atoms with van der Waals surface area (Å²) in [5.41, 5.74) is 4.87. The van der Waals surface area contributed by atoms with Gasteiger partial charge < -0.3 is 15.1 Å². The van der Waals surface area contributed by atoms with Gasteiger partial charge in [0, 0.05) is 38.4 Å². The van der Waals surface area contributed by atoms with Gasteiger partial charge in [-0.1, -0.05) is 42.0 Å². The molecule has 0 bridgehead atoms. The zero-order valence-corrected chi connectivity index (χ0v) is 14.5. The second kappa shape index (κ2) is 7.39. The minimum absolute atomic E-state index is 0.0281. The van der Waals surface area contributed by atoms with Crippen molar-refractivity contribution in [2.75, 3.05) is 31.1 Å². The van der Waals surface area contributed by atoms with Crippen molar-refractivity contribution in [3.8, 4) is 0 Å². The fourth-order valence-electron chi connectivity index (χ4n) is 3.10. The quantitative estimate of drug-likeness (QED) is 0.940. The number of carbonyl (C=O) groups is 1. The highest BCUT2D eigenvalue weighted by Gasteiger charge is 2.21. The van der Waals surface area contributed by atoms with Crippen LogP contribution in [0.5, 0.6) is 0 Å². The topological polar surface area (TPSA) is 35.6 Å². The second-order valence-corrected chi connectivity index (χ2v) is 6.46. The van der Waals surface area contributed by atoms with Crippen LogP contribution < -0.4 is 10.2 Å². The predicted octanol–water partition coefficient (Wildman–Crippen LogP) is 3.34. The molecule has 0 aromatic heterocycles. The summed E-state index contributed by atoms with van der Waals surface area (Å²) in [6, 6.07) is 16.8. The zero-order valence-electron chi connectivity index (χ0n) is 14.5. The van der Waals surface area contributed by atoms with Gasteiger partial charge in [0.1, 0.15) is 0 Å². The molecule has 0 aliphatic carbocycles. The van der Waals surface area contributed by atoms with Crippen LogP contribution in [0.3, 0.4) is 0 Å². The third-order valence-electron chi connectivity index (χ3n) is 4.46. The number of aryl methyl sites for hydroxylation is 2. The maximum atomic E-state index is 12.3. The molecular formula is C20H25N3O. The molecule has 1 aliphatic heterocycles. The van der Waals surface area contributed by atoms with Crippen molar-refractivity contribution in [3.63, 3.8) is 0 Å². The molecule has 0 atom stereocenters. The first-order chi connectivity index (χ1) is 11.6. The smallest absolute Gasteiger partial charge is 0.317 e. The third-order valence-corrected chi connectivity index (χ3v) is 4.46. The van der Waals surface area contributed by atoms with Crippen molar-refractivity contribution < 1.29 is 4.79 Å². The number of piperazine rings is 1. The van der Waals surface area contributed by atoms with E-state index in [4.69, 9.17) is 0 Å². The van der Waals surface area contributed by atoms with Crippen LogP contribution in [0.25, 0.3) is 0 Å². The number of nitrogens with zero attached hydrogens (tertiary/aromatic N) is 2. The lowest BCUT2D eigenvalue weighted by Crippen LogP contribution is -2.51. The Labute approximate surface area is 144 Å². The van der Waals surface area contributed by atoms with Crippen molar-refractivity contribution in [1.29, 1.82) is 0 Å². The summed E-state index contributed by atoms with van der Waals surface area (Å²) in [5.74, 6) is 0. The molecule has 4 heteroatoms. The fourth-order valence-corrected chi connectivity index (χ4v) is 3.10. The number of hydrogen-bond donors (Lipinski definition) is 1. The van der Waals surface area contributed by atoms with E-state index in [0.717, 1.165) is 31.7 Å². The number of anilines is 1. The van der Waals surface area contributed by atoms with Gasteiger partial charge in [-0.15, -0.1) is 0 Å². The molecule has 1 fully saturated rings. The summed E-state index contributed by atoms with van der Waals surface area (Å²) in [4.78, 5) is 16.6. The minimum atomic E-state index is 0.0281. The van der Waals surface area contributed by atoms with E-state index < -0.39 is 0 Å². The molecule has 2 aromatic rings. The van der Waals surface area contributed by atoms with Crippen LogP contribution in [-0.4, -0.2) is 37.1 Å². The van der Waals surface area contributed by atoms with E-state index in [-0.39, 0.29) is 6.03 Å². The Morgan fingerprint density at radius 2 is 1.62 bits per heavy atom. The molecule has 2 aromatic carbocycles. The standard InChI is InChI=1S/C20H25N3O/c1-16-5-3-7-18(13-16)15-21-20(24)23-11-9-22(10-12-23)19-8-4-6-17(2)14-19/h3-8,13-14H,9-12,15H2,1-2H3,(H,21,24). The van der Waals surface area contributed by atoms with Crippen LogP contribution in [0.15, 0.2) is 48.5 Å². The molecule has 126 valence electrons. The Kier molecular flexibility index (Phi) is 5.04. The first kappa shape index (κ1) is 16.4. The minimum Gasteiger partial charge on any atom is -0.368 e. The largest absolute Gasteiger partial charge is 0.368 e. The fraction of sp³-hybridized carbons (Fsp3) is 0.350. The average Bonchev–Trinajstić information content (AvgIpc) is 2.60. The monoisotopic (exact) mass is 323 g/mol. The number of hydrogen-bond acceptors (Lipinski definition) is 2. The normalized spacial score (nSPS) is 14.6. The summed E-state index contributed by atoms with van der Waals surface area (Å²) in [6.45, 7) is 8.02. The molecule has 2 amide bonds. The van der Waals surface area contributed by atoms with E-state index >= 15 is 0 Å². The maximum Gasteiger partial charge on any atom is 0.317 e. The molecule has 0 spiro atoms. The van der Waals surface area contributed by atoms with E-state index in [1.807, 2.05) is 17.0 Å². The van der Waals surface area contributed by atoms with E-state index in [1.54, 1.807) is 0 Å². The highest BCUT2D eigenvalue weighted by Crippen LogP contribution is 2.17. The zero-order chi connectivity index (χ0) is 16.9. The van der Waals surface area contributed by atoms with E-state index in [1.165, 1.54) is 16.8 Å². The first-order valence-corrected chi connectivity index (χ1v) is 8.52. The van der Waals surface area contributed by atoms with Gasteiger partial charge in [-0.3, -0.25) is 0 Å². The lowest BCUT2D eigenvalue weighted by molar-refractivity contribution is 0.194. The Balaban J connectivity index is 1.50. The van der Waals surface area contributed by atoms with Gasteiger partial charge in [0.2, 0.25) is 0 Å². The Hall–Kier alpha value is -2.49. The van der Waals surface area contributed by atoms with Gasteiger partial charge in [0.15, 0.2) is 0 Å². The Morgan fingerprint density at radius 3 is 2.29 bits per heavy atom. The molecule has 0 saturated carbocycles. The van der Waals surface area contributed by atoms with Crippen molar-refractivity contribution in [3.05, 3.63) is 65.2 Å². The number of amides is 2. The molecule has 24 heavy (non-hydrogen) atoms. The van der Waals surface area contributed by atoms with Crippen LogP contribution in [0.4, 0.5) is 10.5 Å². The summed E-state index contributed by atoms with van der Waals surface area (Å²) in [7, 11) is 0. The summed E-state index contributed by atoms with van der Waals surface area (Å²) in [5, 5.41) is 3.03. The molecule has 1 aliphatic rings. The van der Waals surface area contributed by atoms with Crippen molar-refractivity contribution >= 4 is 11.7 Å². The molecule has 0 unspecified atom stereocenters. The predicted molar refractivity (Wildman–Crippen MR) is 98.4 cm³/mol. The van der Waals surface area contributed by atoms with Gasteiger partial charge >= 0.3 is 6.03 Å². The molecular weight excluding hydrogens is 298 g/mol. The van der Waals surface area contributed by atoms with Gasteiger partial charge in [0.05, 0.1) is 0 Å². The summed E-state index contributed by atoms with van der Waals surface area (Å²) >= 11 is 0. The number of benzene rings is 2. The Bertz CT molecular complexity index is 706. The number of rotatable bonds is 3. The van der Waals surface area contributed by atoms with Crippen LogP contribution in [-0.2, 0) is 6.54 Å². The highest BCUT2D eigenvalue weighted by atomic mass is 16.2. The van der Waals surface area contributed by atoms with Crippen LogP contribution in [0.2, 0.25) is 0 Å². The molecule has 1 heterocycles. The van der Waals surface area contributed by atoms with Gasteiger partial charge in [-0.2, -0.15) is 0 Å². The maximum absolute atomic E-state index is 12.3. The molecule has 1 saturated heterocycles. The molecule has 0 radical (unpaired) electrons. The number of urea groups is 1. The second-order valence-electron chi connectivity index (χ2n) is 6.46. The van der Waals surface area contributed by atoms with Crippen LogP contribution in [0.1, 0.15) is 16.7 Å². The average molecular weight is 323 g/mol. The van der Waals surface area contributed by atoms with Crippen molar-refractivity contribution in [1.82, 2.24) is 10.2 Å². The van der Waals surface area contributed by atoms with Crippen molar-refractivity contribution in [2.24, 2.45) is 0 Å². The summed E-state index contributed by atoms with van der Waals surface area (Å²) < 4.78 is 0. The molecule has 1 N–H and O–H groups in total. The van der Waals surface area contributed by atoms with E-state index in [0.29, 0.717) is 6.54 Å². The first-order valence-electron chi connectivity index (χ1n) is 8.52. The van der Waals surface area contributed by atoms with Gasteiger partial charge in [0.25, 0.3) is 0 Å². The number of carbonyl (C=O) groups excluding carboxylic acids is 1.